The molecule has 32 heavy (non-hydrogen) atoms. The highest BCUT2D eigenvalue weighted by atomic mass is 35.5. The van der Waals surface area contributed by atoms with Gasteiger partial charge < -0.3 is 5.32 Å². The number of alkyl halides is 3. The molecule has 1 aromatic carbocycles. The fraction of sp³-hybridized carbons (Fsp3) is 0.278. The number of nitrogens with zero attached hydrogens (tertiary/aromatic N) is 4. The number of benzene rings is 1. The minimum absolute atomic E-state index is 0.0300. The van der Waals surface area contributed by atoms with Crippen molar-refractivity contribution in [3.63, 3.8) is 0 Å². The molecule has 0 atom stereocenters. The third-order valence-corrected chi connectivity index (χ3v) is 4.84. The van der Waals surface area contributed by atoms with E-state index < -0.39 is 58.2 Å². The largest absolute Gasteiger partial charge is 0.436 e. The molecule has 0 spiro atoms. The number of hydrogen-bond donors (Lipinski definition) is 1. The number of hydrogen-bond acceptors (Lipinski definition) is 3. The third kappa shape index (κ3) is 4.87. The van der Waals surface area contributed by atoms with Gasteiger partial charge >= 0.3 is 6.18 Å². The second-order valence-electron chi connectivity index (χ2n) is 6.61. The van der Waals surface area contributed by atoms with Gasteiger partial charge in [-0.2, -0.15) is 23.4 Å². The molecule has 0 saturated heterocycles. The molecule has 0 fully saturated rings. The molecule has 3 aromatic rings. The van der Waals surface area contributed by atoms with Crippen molar-refractivity contribution < 1.29 is 35.5 Å². The summed E-state index contributed by atoms with van der Waals surface area (Å²) in [5.74, 6) is -6.99. The highest BCUT2D eigenvalue weighted by molar-refractivity contribution is 6.31. The first kappa shape index (κ1) is 23.6. The predicted octanol–water partition coefficient (Wildman–Crippen LogP) is 4.69. The molecule has 0 aliphatic carbocycles. The van der Waals surface area contributed by atoms with Gasteiger partial charge in [-0.1, -0.05) is 11.6 Å². The zero-order chi connectivity index (χ0) is 23.8. The van der Waals surface area contributed by atoms with Crippen molar-refractivity contribution >= 4 is 23.3 Å². The van der Waals surface area contributed by atoms with Crippen LogP contribution < -0.4 is 5.32 Å². The lowest BCUT2D eigenvalue weighted by atomic mass is 10.2. The number of aromatic nitrogens is 4. The fourth-order valence-electron chi connectivity index (χ4n) is 2.78. The Morgan fingerprint density at radius 1 is 1.12 bits per heavy atom. The van der Waals surface area contributed by atoms with Gasteiger partial charge in [-0.25, -0.2) is 17.6 Å². The topological polar surface area (TPSA) is 64.7 Å². The molecule has 2 aromatic heterocycles. The Morgan fingerprint density at radius 2 is 1.75 bits per heavy atom. The van der Waals surface area contributed by atoms with Crippen molar-refractivity contribution in [2.75, 3.05) is 5.32 Å². The van der Waals surface area contributed by atoms with Crippen LogP contribution in [0.4, 0.5) is 36.6 Å². The predicted molar refractivity (Wildman–Crippen MR) is 97.8 cm³/mol. The van der Waals surface area contributed by atoms with E-state index >= 15 is 0 Å². The van der Waals surface area contributed by atoms with E-state index in [-0.39, 0.29) is 30.5 Å². The number of carbonyl (C=O) groups is 1. The summed E-state index contributed by atoms with van der Waals surface area (Å²) < 4.78 is 94.5. The third-order valence-electron chi connectivity index (χ3n) is 4.38. The number of amides is 1. The van der Waals surface area contributed by atoms with Gasteiger partial charge in [-0.15, -0.1) is 0 Å². The molecule has 0 saturated carbocycles. The summed E-state index contributed by atoms with van der Waals surface area (Å²) in [6.07, 6.45) is -3.84. The maximum absolute atomic E-state index is 13.8. The molecule has 6 nitrogen and oxygen atoms in total. The summed E-state index contributed by atoms with van der Waals surface area (Å²) >= 11 is 5.64. The van der Waals surface area contributed by atoms with Gasteiger partial charge in [0.15, 0.2) is 34.8 Å². The summed E-state index contributed by atoms with van der Waals surface area (Å²) in [6, 6.07) is 1.33. The van der Waals surface area contributed by atoms with Crippen molar-refractivity contribution in [2.45, 2.75) is 32.6 Å². The quantitative estimate of drug-likeness (QED) is 0.408. The number of anilines is 1. The van der Waals surface area contributed by atoms with Crippen LogP contribution in [-0.4, -0.2) is 25.5 Å². The van der Waals surface area contributed by atoms with Gasteiger partial charge in [-0.05, 0) is 6.92 Å². The Kier molecular flexibility index (Phi) is 6.49. The van der Waals surface area contributed by atoms with Crippen molar-refractivity contribution in [1.29, 1.82) is 0 Å². The summed E-state index contributed by atoms with van der Waals surface area (Å²) in [6.45, 7) is 0.443. The normalized spacial score (nSPS) is 11.8. The lowest BCUT2D eigenvalue weighted by Crippen LogP contribution is -2.17. The van der Waals surface area contributed by atoms with Crippen molar-refractivity contribution in [2.24, 2.45) is 0 Å². The van der Waals surface area contributed by atoms with Crippen LogP contribution in [0.3, 0.4) is 0 Å². The van der Waals surface area contributed by atoms with E-state index in [1.165, 1.54) is 19.2 Å². The van der Waals surface area contributed by atoms with E-state index in [2.05, 4.69) is 15.5 Å². The van der Waals surface area contributed by atoms with Crippen LogP contribution >= 0.6 is 11.6 Å². The standard InChI is InChI=1S/C18H13ClF7N5O/c1-8-14(19)17(18(24,25)26)29-31(8)5-3-13(32)27-12-2-4-30(28-12)7-9-15(22)10(20)6-11(21)16(9)23/h2,4,6H,3,5,7H2,1H3,(H,27,28,32). The van der Waals surface area contributed by atoms with Gasteiger partial charge in [0.25, 0.3) is 0 Å². The first-order chi connectivity index (χ1) is 14.9. The second kappa shape index (κ2) is 8.81. The van der Waals surface area contributed by atoms with Crippen LogP contribution in [-0.2, 0) is 24.1 Å². The summed E-state index contributed by atoms with van der Waals surface area (Å²) in [4.78, 5) is 12.1. The Labute approximate surface area is 180 Å². The molecule has 2 heterocycles. The van der Waals surface area contributed by atoms with E-state index in [1.807, 2.05) is 0 Å². The summed E-state index contributed by atoms with van der Waals surface area (Å²) in [5, 5.41) is 8.97. The molecule has 0 radical (unpaired) electrons. The van der Waals surface area contributed by atoms with E-state index in [9.17, 15) is 35.5 Å². The smallest absolute Gasteiger partial charge is 0.309 e. The number of nitrogens with one attached hydrogen (secondary N) is 1. The van der Waals surface area contributed by atoms with Gasteiger partial charge in [0, 0.05) is 24.8 Å². The van der Waals surface area contributed by atoms with Gasteiger partial charge in [0.2, 0.25) is 5.91 Å². The van der Waals surface area contributed by atoms with Crippen molar-refractivity contribution in [3.05, 3.63) is 63.6 Å². The Balaban J connectivity index is 1.64. The first-order valence-corrected chi connectivity index (χ1v) is 9.21. The zero-order valence-corrected chi connectivity index (χ0v) is 16.8. The number of halogens is 8. The molecule has 172 valence electrons. The van der Waals surface area contributed by atoms with Gasteiger partial charge in [-0.3, -0.25) is 14.2 Å². The van der Waals surface area contributed by atoms with Crippen molar-refractivity contribution in [1.82, 2.24) is 19.6 Å². The van der Waals surface area contributed by atoms with Gasteiger partial charge in [0.05, 0.1) is 29.4 Å². The second-order valence-corrected chi connectivity index (χ2v) is 6.99. The van der Waals surface area contributed by atoms with Crippen LogP contribution in [0, 0.1) is 30.2 Å². The molecule has 0 bridgehead atoms. The Morgan fingerprint density at radius 3 is 2.31 bits per heavy atom. The number of aryl methyl sites for hydroxylation is 1. The molecular weight excluding hydrogens is 471 g/mol. The minimum atomic E-state index is -4.74. The maximum Gasteiger partial charge on any atom is 0.436 e. The Bertz CT molecular complexity index is 1150. The van der Waals surface area contributed by atoms with Gasteiger partial charge in [0.1, 0.15) is 0 Å². The lowest BCUT2D eigenvalue weighted by Gasteiger charge is -2.07. The Hall–Kier alpha value is -3.09. The van der Waals surface area contributed by atoms with Crippen molar-refractivity contribution in [3.8, 4) is 0 Å². The highest BCUT2D eigenvalue weighted by Gasteiger charge is 2.38. The molecule has 0 aliphatic rings. The average molecular weight is 484 g/mol. The van der Waals surface area contributed by atoms with Crippen LogP contribution in [0.25, 0.3) is 0 Å². The molecule has 14 heteroatoms. The van der Waals surface area contributed by atoms with E-state index in [4.69, 9.17) is 11.6 Å². The van der Waals surface area contributed by atoms with E-state index in [0.717, 1.165) is 9.36 Å². The molecule has 1 N–H and O–H groups in total. The average Bonchev–Trinajstić information content (AvgIpc) is 3.26. The SMILES string of the molecule is Cc1c(Cl)c(C(F)(F)F)nn1CCC(=O)Nc1ccn(Cc2c(F)c(F)cc(F)c2F)n1. The fourth-order valence-corrected chi connectivity index (χ4v) is 3.02. The highest BCUT2D eigenvalue weighted by Crippen LogP contribution is 2.35. The molecular formula is C18H13ClF7N5O. The zero-order valence-electron chi connectivity index (χ0n) is 16.1. The number of carbonyl (C=O) groups excluding carboxylic acids is 1. The molecule has 0 aliphatic heterocycles. The van der Waals surface area contributed by atoms with Crippen LogP contribution in [0.1, 0.15) is 23.4 Å². The summed E-state index contributed by atoms with van der Waals surface area (Å²) in [5.41, 5.74) is -2.12. The minimum Gasteiger partial charge on any atom is -0.309 e. The van der Waals surface area contributed by atoms with E-state index in [0.29, 0.717) is 0 Å². The maximum atomic E-state index is 13.8. The lowest BCUT2D eigenvalue weighted by molar-refractivity contribution is -0.141. The van der Waals surface area contributed by atoms with Crippen LogP contribution in [0.15, 0.2) is 18.3 Å². The molecule has 1 amide bonds. The van der Waals surface area contributed by atoms with Crippen LogP contribution in [0.2, 0.25) is 5.02 Å². The molecule has 0 unspecified atom stereocenters. The van der Waals surface area contributed by atoms with E-state index in [1.54, 1.807) is 0 Å². The monoisotopic (exact) mass is 483 g/mol. The molecule has 3 rings (SSSR count). The first-order valence-electron chi connectivity index (χ1n) is 8.83. The number of rotatable bonds is 6. The summed E-state index contributed by atoms with van der Waals surface area (Å²) in [7, 11) is 0. The van der Waals surface area contributed by atoms with Crippen LogP contribution in [0.5, 0.6) is 0 Å².